The molecule has 0 spiro atoms. The number of rotatable bonds is 6. The molecule has 0 unspecified atom stereocenters. The van der Waals surface area contributed by atoms with Gasteiger partial charge in [0.15, 0.2) is 5.82 Å². The van der Waals surface area contributed by atoms with Crippen LogP contribution in [-0.2, 0) is 12.8 Å². The lowest BCUT2D eigenvalue weighted by Crippen LogP contribution is -2.07. The zero-order valence-corrected chi connectivity index (χ0v) is 14.4. The average Bonchev–Trinajstić information content (AvgIpc) is 2.51. The van der Waals surface area contributed by atoms with Crippen LogP contribution in [0.1, 0.15) is 38.4 Å². The zero-order chi connectivity index (χ0) is 15.2. The second-order valence-corrected chi connectivity index (χ2v) is 5.62. The fraction of sp³-hybridized carbons (Fsp3) is 0.438. The minimum Gasteiger partial charge on any atom is -0.369 e. The summed E-state index contributed by atoms with van der Waals surface area (Å²) in [6.07, 6.45) is 6.60. The summed E-state index contributed by atoms with van der Waals surface area (Å²) in [6.45, 7) is 7.18. The van der Waals surface area contributed by atoms with E-state index in [-0.39, 0.29) is 0 Å². The number of hydrogen-bond acceptors (Lipinski definition) is 4. The van der Waals surface area contributed by atoms with Crippen LogP contribution in [0.5, 0.6) is 0 Å². The predicted molar refractivity (Wildman–Crippen MR) is 90.5 cm³/mol. The van der Waals surface area contributed by atoms with Crippen molar-refractivity contribution in [3.8, 4) is 11.4 Å². The van der Waals surface area contributed by atoms with Crippen LogP contribution in [0.3, 0.4) is 0 Å². The van der Waals surface area contributed by atoms with Crippen LogP contribution in [0.15, 0.2) is 22.9 Å². The van der Waals surface area contributed by atoms with Crippen molar-refractivity contribution in [2.24, 2.45) is 0 Å². The molecule has 0 radical (unpaired) electrons. The highest BCUT2D eigenvalue weighted by Gasteiger charge is 2.14. The third-order valence-corrected chi connectivity index (χ3v) is 4.11. The summed E-state index contributed by atoms with van der Waals surface area (Å²) in [7, 11) is 0. The van der Waals surface area contributed by atoms with E-state index in [0.29, 0.717) is 0 Å². The molecular weight excluding hydrogens is 328 g/mol. The molecule has 1 N–H and O–H groups in total. The average molecular weight is 349 g/mol. The smallest absolute Gasteiger partial charge is 0.162 e. The van der Waals surface area contributed by atoms with Gasteiger partial charge in [-0.05, 0) is 47.3 Å². The van der Waals surface area contributed by atoms with Crippen molar-refractivity contribution >= 4 is 21.7 Å². The molecule has 0 amide bonds. The third kappa shape index (κ3) is 3.59. The Labute approximate surface area is 134 Å². The summed E-state index contributed by atoms with van der Waals surface area (Å²) >= 11 is 3.63. The Morgan fingerprint density at radius 2 is 2.00 bits per heavy atom. The first kappa shape index (κ1) is 15.9. The highest BCUT2D eigenvalue weighted by Crippen LogP contribution is 2.29. The topological polar surface area (TPSA) is 50.7 Å². The second kappa shape index (κ2) is 7.50. The van der Waals surface area contributed by atoms with Crippen molar-refractivity contribution in [3.05, 3.63) is 34.2 Å². The van der Waals surface area contributed by atoms with Crippen LogP contribution >= 0.6 is 15.9 Å². The van der Waals surface area contributed by atoms with Crippen LogP contribution < -0.4 is 5.32 Å². The number of hydrogen-bond donors (Lipinski definition) is 1. The summed E-state index contributed by atoms with van der Waals surface area (Å²) in [5.74, 6) is 1.64. The molecule has 5 heteroatoms. The molecular formula is C16H21BrN4. The van der Waals surface area contributed by atoms with Crippen LogP contribution in [0.4, 0.5) is 5.82 Å². The Hall–Kier alpha value is -1.49. The summed E-state index contributed by atoms with van der Waals surface area (Å²) < 4.78 is 0.974. The van der Waals surface area contributed by atoms with Gasteiger partial charge in [0.25, 0.3) is 0 Å². The predicted octanol–water partition coefficient (Wildman–Crippen LogP) is 4.25. The van der Waals surface area contributed by atoms with E-state index in [0.717, 1.165) is 53.2 Å². The quantitative estimate of drug-likeness (QED) is 0.847. The molecule has 0 aliphatic heterocycles. The van der Waals surface area contributed by atoms with E-state index in [1.165, 1.54) is 5.56 Å². The number of pyridine rings is 1. The van der Waals surface area contributed by atoms with Gasteiger partial charge in [-0.15, -0.1) is 0 Å². The molecule has 0 atom stereocenters. The number of aromatic nitrogens is 3. The molecule has 0 bridgehead atoms. The van der Waals surface area contributed by atoms with Gasteiger partial charge in [0, 0.05) is 24.5 Å². The second-order valence-electron chi connectivity index (χ2n) is 4.82. The first-order chi connectivity index (χ1) is 10.2. The first-order valence-electron chi connectivity index (χ1n) is 7.44. The Balaban J connectivity index is 2.57. The Kier molecular flexibility index (Phi) is 5.67. The Morgan fingerprint density at radius 3 is 2.67 bits per heavy atom. The monoisotopic (exact) mass is 348 g/mol. The molecule has 2 aromatic heterocycles. The van der Waals surface area contributed by atoms with E-state index >= 15 is 0 Å². The number of anilines is 1. The van der Waals surface area contributed by atoms with E-state index in [1.54, 1.807) is 6.20 Å². The van der Waals surface area contributed by atoms with Crippen LogP contribution in [0.25, 0.3) is 11.4 Å². The van der Waals surface area contributed by atoms with Crippen LogP contribution in [0.2, 0.25) is 0 Å². The molecule has 21 heavy (non-hydrogen) atoms. The van der Waals surface area contributed by atoms with E-state index in [4.69, 9.17) is 4.98 Å². The lowest BCUT2D eigenvalue weighted by Gasteiger charge is -2.13. The van der Waals surface area contributed by atoms with E-state index in [2.05, 4.69) is 52.0 Å². The molecule has 0 aliphatic carbocycles. The van der Waals surface area contributed by atoms with E-state index < -0.39 is 0 Å². The molecule has 0 aromatic carbocycles. The molecule has 0 saturated heterocycles. The summed E-state index contributed by atoms with van der Waals surface area (Å²) in [5, 5.41) is 3.31. The molecule has 2 aromatic rings. The maximum Gasteiger partial charge on any atom is 0.162 e. The third-order valence-electron chi connectivity index (χ3n) is 3.28. The van der Waals surface area contributed by atoms with Gasteiger partial charge in [-0.1, -0.05) is 20.3 Å². The molecule has 112 valence electrons. The van der Waals surface area contributed by atoms with Crippen molar-refractivity contribution in [1.82, 2.24) is 15.0 Å². The van der Waals surface area contributed by atoms with Gasteiger partial charge in [0.1, 0.15) is 5.82 Å². The first-order valence-corrected chi connectivity index (χ1v) is 8.24. The summed E-state index contributed by atoms with van der Waals surface area (Å²) in [6, 6.07) is 1.99. The maximum absolute atomic E-state index is 4.76. The van der Waals surface area contributed by atoms with Crippen molar-refractivity contribution < 1.29 is 0 Å². The number of aryl methyl sites for hydroxylation is 2. The summed E-state index contributed by atoms with van der Waals surface area (Å²) in [5.41, 5.74) is 3.29. The molecule has 4 nitrogen and oxygen atoms in total. The lowest BCUT2D eigenvalue weighted by molar-refractivity contribution is 0.866. The van der Waals surface area contributed by atoms with Crippen LogP contribution in [-0.4, -0.2) is 21.5 Å². The molecule has 2 rings (SSSR count). The minimum atomic E-state index is 0.775. The normalized spacial score (nSPS) is 10.7. The van der Waals surface area contributed by atoms with Crippen molar-refractivity contribution in [1.29, 1.82) is 0 Å². The van der Waals surface area contributed by atoms with E-state index in [1.807, 2.05) is 12.3 Å². The molecule has 2 heterocycles. The fourth-order valence-corrected chi connectivity index (χ4v) is 2.74. The fourth-order valence-electron chi connectivity index (χ4n) is 2.23. The highest BCUT2D eigenvalue weighted by molar-refractivity contribution is 9.10. The largest absolute Gasteiger partial charge is 0.369 e. The van der Waals surface area contributed by atoms with Crippen molar-refractivity contribution in [2.75, 3.05) is 11.9 Å². The SMILES string of the molecule is CCCc1nc(-c2ccncc2CC)nc(NCC)c1Br. The van der Waals surface area contributed by atoms with Gasteiger partial charge in [0.05, 0.1) is 10.2 Å². The number of halogens is 1. The highest BCUT2D eigenvalue weighted by atomic mass is 79.9. The Bertz CT molecular complexity index is 586. The Morgan fingerprint density at radius 1 is 1.19 bits per heavy atom. The van der Waals surface area contributed by atoms with Crippen molar-refractivity contribution in [2.45, 2.75) is 40.0 Å². The lowest BCUT2D eigenvalue weighted by atomic mass is 10.1. The van der Waals surface area contributed by atoms with Gasteiger partial charge in [0.2, 0.25) is 0 Å². The maximum atomic E-state index is 4.76. The van der Waals surface area contributed by atoms with Crippen molar-refractivity contribution in [3.63, 3.8) is 0 Å². The molecule has 0 saturated carbocycles. The molecule has 0 fully saturated rings. The van der Waals surface area contributed by atoms with Gasteiger partial charge in [-0.2, -0.15) is 0 Å². The van der Waals surface area contributed by atoms with Crippen LogP contribution in [0, 0.1) is 0 Å². The molecule has 0 aliphatic rings. The summed E-state index contributed by atoms with van der Waals surface area (Å²) in [4.78, 5) is 13.6. The van der Waals surface area contributed by atoms with Gasteiger partial charge in [-0.3, -0.25) is 4.98 Å². The number of nitrogens with one attached hydrogen (secondary N) is 1. The van der Waals surface area contributed by atoms with Gasteiger partial charge in [-0.25, -0.2) is 9.97 Å². The van der Waals surface area contributed by atoms with Gasteiger partial charge < -0.3 is 5.32 Å². The number of nitrogens with zero attached hydrogens (tertiary/aromatic N) is 3. The zero-order valence-electron chi connectivity index (χ0n) is 12.8. The van der Waals surface area contributed by atoms with Gasteiger partial charge >= 0.3 is 0 Å². The minimum absolute atomic E-state index is 0.775. The standard InChI is InChI=1S/C16H21BrN4/c1-4-7-13-14(17)16(19-6-3)21-15(20-13)12-8-9-18-10-11(12)5-2/h8-10H,4-7H2,1-3H3,(H,19,20,21). The van der Waals surface area contributed by atoms with E-state index in [9.17, 15) is 0 Å².